The van der Waals surface area contributed by atoms with E-state index in [4.69, 9.17) is 5.73 Å². The summed E-state index contributed by atoms with van der Waals surface area (Å²) in [5.74, 6) is 0.664. The first-order chi connectivity index (χ1) is 6.94. The van der Waals surface area contributed by atoms with Crippen LogP contribution in [0.5, 0.6) is 0 Å². The molecule has 3 N–H and O–H groups in total. The monoisotopic (exact) mass is 214 g/mol. The van der Waals surface area contributed by atoms with Crippen LogP contribution in [-0.4, -0.2) is 41.8 Å². The number of hydrogen-bond donors (Lipinski definition) is 2. The van der Waals surface area contributed by atoms with E-state index in [1.165, 1.54) is 19.3 Å². The molecule has 0 bridgehead atoms. The van der Waals surface area contributed by atoms with Gasteiger partial charge in [-0.05, 0) is 52.6 Å². The van der Waals surface area contributed by atoms with E-state index < -0.39 is 5.60 Å². The minimum absolute atomic E-state index is 0.551. The first-order valence-electron chi connectivity index (χ1n) is 6.07. The van der Waals surface area contributed by atoms with Crippen LogP contribution in [0.1, 0.15) is 39.5 Å². The van der Waals surface area contributed by atoms with Gasteiger partial charge in [-0.2, -0.15) is 0 Å². The summed E-state index contributed by atoms with van der Waals surface area (Å²) in [6, 6.07) is 0.636. The molecular weight excluding hydrogens is 188 g/mol. The summed E-state index contributed by atoms with van der Waals surface area (Å²) in [6.45, 7) is 5.51. The van der Waals surface area contributed by atoms with E-state index in [0.717, 1.165) is 19.5 Å². The van der Waals surface area contributed by atoms with Gasteiger partial charge < -0.3 is 15.7 Å². The van der Waals surface area contributed by atoms with Crippen molar-refractivity contribution >= 4 is 0 Å². The van der Waals surface area contributed by atoms with Crippen LogP contribution in [0, 0.1) is 5.92 Å². The number of rotatable bonds is 5. The molecule has 0 aliphatic heterocycles. The second-order valence-corrected chi connectivity index (χ2v) is 5.54. The quantitative estimate of drug-likeness (QED) is 0.723. The fourth-order valence-corrected chi connectivity index (χ4v) is 2.49. The molecule has 1 aliphatic rings. The van der Waals surface area contributed by atoms with Crippen molar-refractivity contribution in [3.8, 4) is 0 Å². The highest BCUT2D eigenvalue weighted by Gasteiger charge is 2.29. The van der Waals surface area contributed by atoms with Gasteiger partial charge in [0.05, 0.1) is 5.60 Å². The van der Waals surface area contributed by atoms with Gasteiger partial charge in [0.1, 0.15) is 0 Å². The molecule has 1 fully saturated rings. The minimum Gasteiger partial charge on any atom is -0.390 e. The van der Waals surface area contributed by atoms with Crippen molar-refractivity contribution in [1.82, 2.24) is 4.90 Å². The molecule has 15 heavy (non-hydrogen) atoms. The first kappa shape index (κ1) is 12.9. The van der Waals surface area contributed by atoms with Crippen molar-refractivity contribution in [2.75, 3.05) is 20.1 Å². The highest BCUT2D eigenvalue weighted by Crippen LogP contribution is 2.28. The molecule has 2 atom stereocenters. The molecule has 0 spiro atoms. The SMILES string of the molecule is CN(CCC(C)(C)O)C1CCCC1CN. The van der Waals surface area contributed by atoms with Crippen LogP contribution in [0.15, 0.2) is 0 Å². The highest BCUT2D eigenvalue weighted by molar-refractivity contribution is 4.85. The van der Waals surface area contributed by atoms with Crippen LogP contribution < -0.4 is 5.73 Å². The van der Waals surface area contributed by atoms with Crippen LogP contribution in [0.2, 0.25) is 0 Å². The summed E-state index contributed by atoms with van der Waals surface area (Å²) in [5, 5.41) is 9.68. The van der Waals surface area contributed by atoms with E-state index in [9.17, 15) is 5.11 Å². The van der Waals surface area contributed by atoms with Crippen molar-refractivity contribution in [1.29, 1.82) is 0 Å². The van der Waals surface area contributed by atoms with Crippen molar-refractivity contribution < 1.29 is 5.11 Å². The molecule has 0 aromatic rings. The van der Waals surface area contributed by atoms with Gasteiger partial charge >= 0.3 is 0 Å². The smallest absolute Gasteiger partial charge is 0.0603 e. The molecule has 1 aliphatic carbocycles. The Morgan fingerprint density at radius 2 is 2.07 bits per heavy atom. The average molecular weight is 214 g/mol. The van der Waals surface area contributed by atoms with Gasteiger partial charge in [-0.25, -0.2) is 0 Å². The van der Waals surface area contributed by atoms with E-state index in [-0.39, 0.29) is 0 Å². The zero-order valence-electron chi connectivity index (χ0n) is 10.4. The summed E-state index contributed by atoms with van der Waals surface area (Å²) in [7, 11) is 2.16. The summed E-state index contributed by atoms with van der Waals surface area (Å²) < 4.78 is 0. The Hall–Kier alpha value is -0.120. The van der Waals surface area contributed by atoms with Crippen LogP contribution in [-0.2, 0) is 0 Å². The van der Waals surface area contributed by atoms with E-state index >= 15 is 0 Å². The second-order valence-electron chi connectivity index (χ2n) is 5.54. The lowest BCUT2D eigenvalue weighted by Gasteiger charge is -2.31. The minimum atomic E-state index is -0.551. The largest absolute Gasteiger partial charge is 0.390 e. The highest BCUT2D eigenvalue weighted by atomic mass is 16.3. The Bertz CT molecular complexity index is 189. The molecule has 3 nitrogen and oxygen atoms in total. The summed E-state index contributed by atoms with van der Waals surface area (Å²) in [5.41, 5.74) is 5.22. The fourth-order valence-electron chi connectivity index (χ4n) is 2.49. The maximum Gasteiger partial charge on any atom is 0.0603 e. The van der Waals surface area contributed by atoms with Crippen molar-refractivity contribution in [3.63, 3.8) is 0 Å². The van der Waals surface area contributed by atoms with Gasteiger partial charge in [0.2, 0.25) is 0 Å². The molecule has 1 saturated carbocycles. The van der Waals surface area contributed by atoms with Crippen molar-refractivity contribution in [2.45, 2.75) is 51.2 Å². The lowest BCUT2D eigenvalue weighted by Crippen LogP contribution is -2.40. The van der Waals surface area contributed by atoms with E-state index in [1.807, 2.05) is 13.8 Å². The Morgan fingerprint density at radius 1 is 1.40 bits per heavy atom. The van der Waals surface area contributed by atoms with Crippen LogP contribution >= 0.6 is 0 Å². The second kappa shape index (κ2) is 5.28. The van der Waals surface area contributed by atoms with E-state index in [1.54, 1.807) is 0 Å². The summed E-state index contributed by atoms with van der Waals surface area (Å²) >= 11 is 0. The fraction of sp³-hybridized carbons (Fsp3) is 1.00. The number of nitrogens with two attached hydrogens (primary N) is 1. The van der Waals surface area contributed by atoms with Gasteiger partial charge in [-0.3, -0.25) is 0 Å². The molecule has 1 rings (SSSR count). The summed E-state index contributed by atoms with van der Waals surface area (Å²) in [4.78, 5) is 2.38. The standard InChI is InChI=1S/C12H26N2O/c1-12(2,15)7-8-14(3)11-6-4-5-10(11)9-13/h10-11,15H,4-9,13H2,1-3H3. The molecule has 0 amide bonds. The maximum absolute atomic E-state index is 9.68. The average Bonchev–Trinajstić information content (AvgIpc) is 2.60. The third kappa shape index (κ3) is 4.09. The molecule has 0 aromatic carbocycles. The number of aliphatic hydroxyl groups is 1. The number of hydrogen-bond acceptors (Lipinski definition) is 3. The topological polar surface area (TPSA) is 49.5 Å². The van der Waals surface area contributed by atoms with Gasteiger partial charge in [0.15, 0.2) is 0 Å². The van der Waals surface area contributed by atoms with Crippen molar-refractivity contribution in [3.05, 3.63) is 0 Å². The number of nitrogens with zero attached hydrogens (tertiary/aromatic N) is 1. The molecule has 0 radical (unpaired) electrons. The maximum atomic E-state index is 9.68. The van der Waals surface area contributed by atoms with Gasteiger partial charge in [-0.1, -0.05) is 6.42 Å². The van der Waals surface area contributed by atoms with E-state index in [0.29, 0.717) is 12.0 Å². The molecular formula is C12H26N2O. The van der Waals surface area contributed by atoms with Crippen LogP contribution in [0.4, 0.5) is 0 Å². The van der Waals surface area contributed by atoms with Gasteiger partial charge in [-0.15, -0.1) is 0 Å². The lowest BCUT2D eigenvalue weighted by molar-refractivity contribution is 0.0528. The molecule has 0 heterocycles. The zero-order chi connectivity index (χ0) is 11.5. The molecule has 2 unspecified atom stereocenters. The van der Waals surface area contributed by atoms with Gasteiger partial charge in [0.25, 0.3) is 0 Å². The third-order valence-electron chi connectivity index (χ3n) is 3.56. The predicted octanol–water partition coefficient (Wildman–Crippen LogP) is 1.21. The first-order valence-corrected chi connectivity index (χ1v) is 6.07. The molecule has 0 saturated heterocycles. The van der Waals surface area contributed by atoms with Crippen LogP contribution in [0.25, 0.3) is 0 Å². The normalized spacial score (nSPS) is 27.6. The Labute approximate surface area is 93.6 Å². The molecule has 0 aromatic heterocycles. The zero-order valence-corrected chi connectivity index (χ0v) is 10.4. The summed E-state index contributed by atoms with van der Waals surface area (Å²) in [6.07, 6.45) is 4.68. The Kier molecular flexibility index (Phi) is 4.56. The molecule has 90 valence electrons. The van der Waals surface area contributed by atoms with Crippen molar-refractivity contribution in [2.24, 2.45) is 11.7 Å². The lowest BCUT2D eigenvalue weighted by atomic mass is 10.0. The Balaban J connectivity index is 2.36. The van der Waals surface area contributed by atoms with Crippen LogP contribution in [0.3, 0.4) is 0 Å². The predicted molar refractivity (Wildman–Crippen MR) is 63.7 cm³/mol. The molecule has 3 heteroatoms. The van der Waals surface area contributed by atoms with Gasteiger partial charge in [0, 0.05) is 12.6 Å². The van der Waals surface area contributed by atoms with E-state index in [2.05, 4.69) is 11.9 Å². The Morgan fingerprint density at radius 3 is 2.60 bits per heavy atom. The third-order valence-corrected chi connectivity index (χ3v) is 3.56.